The van der Waals surface area contributed by atoms with Gasteiger partial charge in [0.05, 0.1) is 12.0 Å². The van der Waals surface area contributed by atoms with Gasteiger partial charge in [0, 0.05) is 19.1 Å². The highest BCUT2D eigenvalue weighted by Crippen LogP contribution is 2.28. The second-order valence-electron chi connectivity index (χ2n) is 5.26. The highest BCUT2D eigenvalue weighted by Gasteiger charge is 2.30. The summed E-state index contributed by atoms with van der Waals surface area (Å²) in [6.07, 6.45) is 6.29. The highest BCUT2D eigenvalue weighted by molar-refractivity contribution is 4.97. The van der Waals surface area contributed by atoms with Crippen LogP contribution in [0.15, 0.2) is 0 Å². The molecule has 1 aliphatic carbocycles. The lowest BCUT2D eigenvalue weighted by Gasteiger charge is -2.28. The fourth-order valence-electron chi connectivity index (χ4n) is 3.09. The van der Waals surface area contributed by atoms with Gasteiger partial charge in [0.2, 0.25) is 0 Å². The second-order valence-corrected chi connectivity index (χ2v) is 5.26. The monoisotopic (exact) mass is 221 g/mol. The fourth-order valence-corrected chi connectivity index (χ4v) is 3.09. The Bertz CT molecular complexity index is 252. The Morgan fingerprint density at radius 3 is 2.69 bits per heavy atom. The zero-order valence-electron chi connectivity index (χ0n) is 10.4. The van der Waals surface area contributed by atoms with Gasteiger partial charge in [-0.15, -0.1) is 0 Å². The minimum atomic E-state index is 0.281. The zero-order chi connectivity index (χ0) is 11.4. The molecule has 2 rings (SSSR count). The summed E-state index contributed by atoms with van der Waals surface area (Å²) in [6, 6.07) is 2.99. The van der Waals surface area contributed by atoms with Crippen molar-refractivity contribution < 1.29 is 0 Å². The average molecular weight is 221 g/mol. The Kier molecular flexibility index (Phi) is 4.20. The summed E-state index contributed by atoms with van der Waals surface area (Å²) < 4.78 is 0. The van der Waals surface area contributed by atoms with Gasteiger partial charge >= 0.3 is 0 Å². The largest absolute Gasteiger partial charge is 0.302 e. The van der Waals surface area contributed by atoms with Gasteiger partial charge in [-0.3, -0.25) is 0 Å². The van der Waals surface area contributed by atoms with Crippen molar-refractivity contribution in [1.82, 2.24) is 9.80 Å². The van der Waals surface area contributed by atoms with Crippen LogP contribution in [-0.2, 0) is 0 Å². The average Bonchev–Trinajstić information content (AvgIpc) is 2.96. The van der Waals surface area contributed by atoms with Crippen molar-refractivity contribution in [3.63, 3.8) is 0 Å². The molecule has 0 aromatic carbocycles. The van der Waals surface area contributed by atoms with Crippen LogP contribution in [0.25, 0.3) is 0 Å². The first-order valence-corrected chi connectivity index (χ1v) is 6.63. The number of hydrogen-bond donors (Lipinski definition) is 0. The van der Waals surface area contributed by atoms with Gasteiger partial charge < -0.3 is 9.80 Å². The lowest BCUT2D eigenvalue weighted by Crippen LogP contribution is -2.39. The van der Waals surface area contributed by atoms with E-state index in [1.54, 1.807) is 0 Å². The predicted octanol–water partition coefficient (Wildman–Crippen LogP) is 1.71. The van der Waals surface area contributed by atoms with E-state index in [1.165, 1.54) is 45.3 Å². The topological polar surface area (TPSA) is 30.3 Å². The van der Waals surface area contributed by atoms with Crippen molar-refractivity contribution in [3.8, 4) is 6.07 Å². The van der Waals surface area contributed by atoms with Crippen molar-refractivity contribution in [2.24, 2.45) is 5.92 Å². The number of nitriles is 1. The van der Waals surface area contributed by atoms with Crippen LogP contribution in [0.1, 0.15) is 32.1 Å². The van der Waals surface area contributed by atoms with Crippen molar-refractivity contribution in [3.05, 3.63) is 0 Å². The Morgan fingerprint density at radius 2 is 2.00 bits per heavy atom. The Labute approximate surface area is 99.0 Å². The zero-order valence-corrected chi connectivity index (χ0v) is 10.4. The van der Waals surface area contributed by atoms with E-state index >= 15 is 0 Å². The van der Waals surface area contributed by atoms with E-state index in [1.807, 2.05) is 0 Å². The van der Waals surface area contributed by atoms with Crippen LogP contribution < -0.4 is 0 Å². The number of likely N-dealkylation sites (N-methyl/N-ethyl adjacent to an activating group) is 1. The van der Waals surface area contributed by atoms with Gasteiger partial charge in [0.1, 0.15) is 0 Å². The Balaban J connectivity index is 1.74. The maximum Gasteiger partial charge on any atom is 0.0672 e. The maximum atomic E-state index is 9.08. The third-order valence-corrected chi connectivity index (χ3v) is 4.18. The molecule has 0 amide bonds. The van der Waals surface area contributed by atoms with E-state index in [0.717, 1.165) is 13.0 Å². The summed E-state index contributed by atoms with van der Waals surface area (Å²) in [5.41, 5.74) is 0. The molecule has 0 spiro atoms. The molecule has 0 bridgehead atoms. The molecule has 90 valence electrons. The molecule has 0 N–H and O–H groups in total. The summed E-state index contributed by atoms with van der Waals surface area (Å²) in [7, 11) is 2.19. The molecule has 3 heteroatoms. The smallest absolute Gasteiger partial charge is 0.0672 e. The number of rotatable bonds is 4. The second kappa shape index (κ2) is 5.65. The first kappa shape index (κ1) is 11.9. The van der Waals surface area contributed by atoms with Gasteiger partial charge in [0.25, 0.3) is 0 Å². The molecule has 2 unspecified atom stereocenters. The quantitative estimate of drug-likeness (QED) is 0.724. The Morgan fingerprint density at radius 1 is 1.25 bits per heavy atom. The summed E-state index contributed by atoms with van der Waals surface area (Å²) in [4.78, 5) is 4.96. The molecular formula is C13H23N3. The van der Waals surface area contributed by atoms with Crippen LogP contribution in [0.5, 0.6) is 0 Å². The molecule has 1 saturated heterocycles. The Hall–Kier alpha value is -0.590. The van der Waals surface area contributed by atoms with Crippen molar-refractivity contribution in [2.45, 2.75) is 38.1 Å². The van der Waals surface area contributed by atoms with E-state index in [-0.39, 0.29) is 5.92 Å². The molecule has 1 aliphatic heterocycles. The van der Waals surface area contributed by atoms with Crippen LogP contribution >= 0.6 is 0 Å². The van der Waals surface area contributed by atoms with Crippen molar-refractivity contribution in [2.75, 3.05) is 33.2 Å². The third-order valence-electron chi connectivity index (χ3n) is 4.18. The predicted molar refractivity (Wildman–Crippen MR) is 65.0 cm³/mol. The first-order chi connectivity index (χ1) is 7.81. The minimum absolute atomic E-state index is 0.281. The summed E-state index contributed by atoms with van der Waals surface area (Å²) in [5.74, 6) is 0.281. The van der Waals surface area contributed by atoms with E-state index < -0.39 is 0 Å². The van der Waals surface area contributed by atoms with Gasteiger partial charge in [-0.2, -0.15) is 5.26 Å². The fraction of sp³-hybridized carbons (Fsp3) is 0.923. The van der Waals surface area contributed by atoms with Gasteiger partial charge in [0.15, 0.2) is 0 Å². The number of hydrogen-bond acceptors (Lipinski definition) is 3. The van der Waals surface area contributed by atoms with Gasteiger partial charge in [-0.05, 0) is 45.8 Å². The molecule has 0 aromatic heterocycles. The third kappa shape index (κ3) is 2.75. The van der Waals surface area contributed by atoms with E-state index in [4.69, 9.17) is 5.26 Å². The van der Waals surface area contributed by atoms with E-state index in [0.29, 0.717) is 6.04 Å². The standard InChI is InChI=1S/C13H23N3/c1-15(9-10-16-7-2-3-8-16)13-6-4-5-12(13)11-14/h12-13H,2-10H2,1H3. The van der Waals surface area contributed by atoms with Crippen molar-refractivity contribution >= 4 is 0 Å². The summed E-state index contributed by atoms with van der Waals surface area (Å²) in [6.45, 7) is 4.87. The first-order valence-electron chi connectivity index (χ1n) is 6.63. The van der Waals surface area contributed by atoms with Gasteiger partial charge in [-0.1, -0.05) is 6.42 Å². The lowest BCUT2D eigenvalue weighted by molar-refractivity contribution is 0.190. The molecule has 0 radical (unpaired) electrons. The van der Waals surface area contributed by atoms with Crippen LogP contribution in [0.2, 0.25) is 0 Å². The maximum absolute atomic E-state index is 9.08. The molecule has 2 aliphatic rings. The van der Waals surface area contributed by atoms with Gasteiger partial charge in [-0.25, -0.2) is 0 Å². The number of nitrogens with zero attached hydrogens (tertiary/aromatic N) is 3. The molecule has 2 atom stereocenters. The molecule has 3 nitrogen and oxygen atoms in total. The number of likely N-dealkylation sites (tertiary alicyclic amines) is 1. The molecule has 16 heavy (non-hydrogen) atoms. The highest BCUT2D eigenvalue weighted by atomic mass is 15.2. The van der Waals surface area contributed by atoms with Crippen LogP contribution in [-0.4, -0.2) is 49.1 Å². The molecular weight excluding hydrogens is 198 g/mol. The van der Waals surface area contributed by atoms with Crippen LogP contribution in [0.3, 0.4) is 0 Å². The normalized spacial score (nSPS) is 31.1. The molecule has 1 heterocycles. The molecule has 2 fully saturated rings. The van der Waals surface area contributed by atoms with Crippen molar-refractivity contribution in [1.29, 1.82) is 5.26 Å². The molecule has 0 aromatic rings. The van der Waals surface area contributed by atoms with E-state index in [2.05, 4.69) is 22.9 Å². The van der Waals surface area contributed by atoms with Crippen LogP contribution in [0.4, 0.5) is 0 Å². The SMILES string of the molecule is CN(CCN1CCCC1)C1CCCC1C#N. The molecule has 1 saturated carbocycles. The minimum Gasteiger partial charge on any atom is -0.302 e. The summed E-state index contributed by atoms with van der Waals surface area (Å²) >= 11 is 0. The van der Waals surface area contributed by atoms with E-state index in [9.17, 15) is 0 Å². The summed E-state index contributed by atoms with van der Waals surface area (Å²) in [5, 5.41) is 9.08. The lowest BCUT2D eigenvalue weighted by atomic mass is 10.0. The van der Waals surface area contributed by atoms with Crippen LogP contribution in [0, 0.1) is 17.2 Å².